The third-order valence-corrected chi connectivity index (χ3v) is 5.38. The quantitative estimate of drug-likeness (QED) is 0.675. The van der Waals surface area contributed by atoms with Crippen molar-refractivity contribution in [2.75, 3.05) is 19.7 Å². The highest BCUT2D eigenvalue weighted by Crippen LogP contribution is 2.42. The molecule has 1 aliphatic heterocycles. The molecule has 0 aromatic heterocycles. The van der Waals surface area contributed by atoms with Crippen molar-refractivity contribution >= 4 is 22.0 Å². The van der Waals surface area contributed by atoms with Crippen LogP contribution in [0.15, 0.2) is 16.6 Å². The Bertz CT molecular complexity index is 655. The van der Waals surface area contributed by atoms with Crippen LogP contribution in [0.3, 0.4) is 0 Å². The predicted molar refractivity (Wildman–Crippen MR) is 97.1 cm³/mol. The van der Waals surface area contributed by atoms with Gasteiger partial charge in [0.05, 0.1) is 6.61 Å². The number of carbonyl (C=O) groups is 1. The van der Waals surface area contributed by atoms with Gasteiger partial charge in [-0.2, -0.15) is 0 Å². The fourth-order valence-electron chi connectivity index (χ4n) is 3.91. The van der Waals surface area contributed by atoms with Crippen LogP contribution in [0, 0.1) is 29.4 Å². The molecule has 1 aliphatic carbocycles. The van der Waals surface area contributed by atoms with Crippen molar-refractivity contribution in [3.63, 3.8) is 0 Å². The molecular weight excluding hydrogens is 408 g/mol. The molecule has 2 aliphatic rings. The van der Waals surface area contributed by atoms with Gasteiger partial charge in [-0.25, -0.2) is 13.6 Å². The van der Waals surface area contributed by atoms with Gasteiger partial charge in [-0.1, -0.05) is 15.9 Å². The number of amides is 1. The van der Waals surface area contributed by atoms with Gasteiger partial charge < -0.3 is 14.4 Å². The maximum Gasteiger partial charge on any atom is 0.410 e. The Morgan fingerprint density at radius 1 is 1.19 bits per heavy atom. The standard InChI is InChI=1S/C19H24BrF2NO3/c1-19(2,3)26-18(24)23-8-12-4-11(5-13(12)9-23)10-25-17-15(21)6-14(20)7-16(17)22/h6-7,11-13H,4-5,8-10H2,1-3H3/t11?,12-,13+. The average molecular weight is 432 g/mol. The van der Waals surface area contributed by atoms with Crippen LogP contribution in [-0.2, 0) is 4.74 Å². The molecule has 3 atom stereocenters. The molecule has 144 valence electrons. The summed E-state index contributed by atoms with van der Waals surface area (Å²) in [6.45, 7) is 7.21. The van der Waals surface area contributed by atoms with Crippen LogP contribution in [-0.4, -0.2) is 36.3 Å². The summed E-state index contributed by atoms with van der Waals surface area (Å²) in [5.41, 5.74) is -0.496. The molecule has 0 bridgehead atoms. The molecule has 4 nitrogen and oxygen atoms in total. The van der Waals surface area contributed by atoms with Crippen molar-refractivity contribution in [3.8, 4) is 5.75 Å². The molecule has 26 heavy (non-hydrogen) atoms. The van der Waals surface area contributed by atoms with E-state index >= 15 is 0 Å². The summed E-state index contributed by atoms with van der Waals surface area (Å²) < 4.78 is 38.9. The Hall–Kier alpha value is -1.37. The summed E-state index contributed by atoms with van der Waals surface area (Å²) >= 11 is 3.05. The molecule has 0 spiro atoms. The van der Waals surface area contributed by atoms with Gasteiger partial charge in [0, 0.05) is 17.6 Å². The van der Waals surface area contributed by atoms with E-state index in [1.54, 1.807) is 4.90 Å². The van der Waals surface area contributed by atoms with E-state index < -0.39 is 17.2 Å². The Kier molecular flexibility index (Phi) is 5.47. The SMILES string of the molecule is CC(C)(C)OC(=O)N1C[C@H]2CC(COc3c(F)cc(Br)cc3F)C[C@H]2C1. The second-order valence-corrected chi connectivity index (χ2v) is 9.17. The minimum absolute atomic E-state index is 0.244. The Morgan fingerprint density at radius 3 is 2.23 bits per heavy atom. The highest BCUT2D eigenvalue weighted by molar-refractivity contribution is 9.10. The summed E-state index contributed by atoms with van der Waals surface area (Å²) in [4.78, 5) is 13.9. The van der Waals surface area contributed by atoms with Crippen LogP contribution in [0.4, 0.5) is 13.6 Å². The first-order valence-electron chi connectivity index (χ1n) is 8.87. The zero-order chi connectivity index (χ0) is 19.1. The lowest BCUT2D eigenvalue weighted by Crippen LogP contribution is -2.36. The monoisotopic (exact) mass is 431 g/mol. The van der Waals surface area contributed by atoms with Gasteiger partial charge >= 0.3 is 6.09 Å². The highest BCUT2D eigenvalue weighted by Gasteiger charge is 2.43. The first-order chi connectivity index (χ1) is 12.1. The fraction of sp³-hybridized carbons (Fsp3) is 0.632. The van der Waals surface area contributed by atoms with E-state index in [0.29, 0.717) is 29.4 Å². The van der Waals surface area contributed by atoms with Gasteiger partial charge in [0.25, 0.3) is 0 Å². The third-order valence-electron chi connectivity index (χ3n) is 4.93. The van der Waals surface area contributed by atoms with Crippen LogP contribution in [0.5, 0.6) is 5.75 Å². The molecule has 1 unspecified atom stereocenters. The largest absolute Gasteiger partial charge is 0.487 e. The smallest absolute Gasteiger partial charge is 0.410 e. The van der Waals surface area contributed by atoms with E-state index in [-0.39, 0.29) is 24.4 Å². The minimum atomic E-state index is -0.703. The van der Waals surface area contributed by atoms with E-state index in [2.05, 4.69) is 15.9 Å². The van der Waals surface area contributed by atoms with Crippen molar-refractivity contribution in [2.24, 2.45) is 17.8 Å². The number of hydrogen-bond acceptors (Lipinski definition) is 3. The van der Waals surface area contributed by atoms with Crippen LogP contribution in [0.2, 0.25) is 0 Å². The van der Waals surface area contributed by atoms with Gasteiger partial charge in [0.2, 0.25) is 0 Å². The third kappa shape index (κ3) is 4.48. The highest BCUT2D eigenvalue weighted by atomic mass is 79.9. The molecular formula is C19H24BrF2NO3. The molecule has 1 amide bonds. The van der Waals surface area contributed by atoms with Crippen molar-refractivity contribution in [3.05, 3.63) is 28.2 Å². The summed E-state index contributed by atoms with van der Waals surface area (Å²) in [5.74, 6) is -0.683. The van der Waals surface area contributed by atoms with Gasteiger partial charge in [-0.05, 0) is 63.5 Å². The number of likely N-dealkylation sites (tertiary alicyclic amines) is 1. The lowest BCUT2D eigenvalue weighted by atomic mass is 10.0. The number of nitrogens with zero attached hydrogens (tertiary/aromatic N) is 1. The fourth-order valence-corrected chi connectivity index (χ4v) is 4.31. The average Bonchev–Trinajstić information content (AvgIpc) is 3.02. The predicted octanol–water partition coefficient (Wildman–Crippen LogP) is 5.00. The lowest BCUT2D eigenvalue weighted by Gasteiger charge is -2.25. The molecule has 3 rings (SSSR count). The minimum Gasteiger partial charge on any atom is -0.487 e. The van der Waals surface area contributed by atoms with Crippen LogP contribution >= 0.6 is 15.9 Å². The second kappa shape index (κ2) is 7.33. The molecule has 2 fully saturated rings. The Balaban J connectivity index is 1.51. The molecule has 1 aromatic carbocycles. The van der Waals surface area contributed by atoms with Gasteiger partial charge in [0.15, 0.2) is 17.4 Å². The van der Waals surface area contributed by atoms with Crippen LogP contribution < -0.4 is 4.74 Å². The number of carbonyl (C=O) groups excluding carboxylic acids is 1. The summed E-state index contributed by atoms with van der Waals surface area (Å²) in [6, 6.07) is 2.39. The zero-order valence-corrected chi connectivity index (χ0v) is 16.8. The molecule has 0 N–H and O–H groups in total. The van der Waals surface area contributed by atoms with E-state index in [1.165, 1.54) is 12.1 Å². The lowest BCUT2D eigenvalue weighted by molar-refractivity contribution is 0.0276. The van der Waals surface area contributed by atoms with Crippen LogP contribution in [0.25, 0.3) is 0 Å². The summed E-state index contributed by atoms with van der Waals surface area (Å²) in [7, 11) is 0. The Morgan fingerprint density at radius 2 is 1.73 bits per heavy atom. The number of fused-ring (bicyclic) bond motifs is 1. The number of hydrogen-bond donors (Lipinski definition) is 0. The van der Waals surface area contributed by atoms with Crippen molar-refractivity contribution in [1.82, 2.24) is 4.90 Å². The van der Waals surface area contributed by atoms with Gasteiger partial charge in [-0.15, -0.1) is 0 Å². The van der Waals surface area contributed by atoms with Crippen molar-refractivity contribution in [1.29, 1.82) is 0 Å². The van der Waals surface area contributed by atoms with E-state index in [1.807, 2.05) is 20.8 Å². The summed E-state index contributed by atoms with van der Waals surface area (Å²) in [5, 5.41) is 0. The number of ether oxygens (including phenoxy) is 2. The maximum absolute atomic E-state index is 13.8. The maximum atomic E-state index is 13.8. The molecule has 7 heteroatoms. The molecule has 1 heterocycles. The molecule has 0 radical (unpaired) electrons. The van der Waals surface area contributed by atoms with E-state index in [4.69, 9.17) is 9.47 Å². The zero-order valence-electron chi connectivity index (χ0n) is 15.2. The molecule has 1 saturated heterocycles. The Labute approximate surface area is 161 Å². The summed E-state index contributed by atoms with van der Waals surface area (Å²) in [6.07, 6.45) is 1.52. The van der Waals surface area contributed by atoms with Crippen molar-refractivity contribution in [2.45, 2.75) is 39.2 Å². The van der Waals surface area contributed by atoms with Crippen LogP contribution in [0.1, 0.15) is 33.6 Å². The number of halogens is 3. The van der Waals surface area contributed by atoms with E-state index in [9.17, 15) is 13.6 Å². The molecule has 1 saturated carbocycles. The van der Waals surface area contributed by atoms with Crippen molar-refractivity contribution < 1.29 is 23.0 Å². The van der Waals surface area contributed by atoms with E-state index in [0.717, 1.165) is 12.8 Å². The first-order valence-corrected chi connectivity index (χ1v) is 9.67. The molecule has 1 aromatic rings. The number of rotatable bonds is 3. The second-order valence-electron chi connectivity index (χ2n) is 8.25. The topological polar surface area (TPSA) is 38.8 Å². The first kappa shape index (κ1) is 19.4. The normalized spacial score (nSPS) is 25.3. The van der Waals surface area contributed by atoms with Gasteiger partial charge in [-0.3, -0.25) is 0 Å². The number of benzene rings is 1. The van der Waals surface area contributed by atoms with Gasteiger partial charge in [0.1, 0.15) is 5.60 Å².